The van der Waals surface area contributed by atoms with Crippen molar-refractivity contribution in [1.29, 1.82) is 0 Å². The highest BCUT2D eigenvalue weighted by atomic mass is 16.2. The first-order valence-electron chi connectivity index (χ1n) is 7.54. The number of nitrogens with zero attached hydrogens (tertiary/aromatic N) is 4. The molecule has 2 heterocycles. The summed E-state index contributed by atoms with van der Waals surface area (Å²) in [5.74, 6) is 1.10. The van der Waals surface area contributed by atoms with Crippen LogP contribution in [0.1, 0.15) is 28.2 Å². The average Bonchev–Trinajstić information content (AvgIpc) is 3.00. The number of hydrogen-bond acceptors (Lipinski definition) is 4. The molecular weight excluding hydrogens is 278 g/mol. The number of carbonyl (C=O) groups excluding carboxylic acids is 1. The van der Waals surface area contributed by atoms with Crippen molar-refractivity contribution in [3.8, 4) is 0 Å². The van der Waals surface area contributed by atoms with Crippen LogP contribution in [0.25, 0.3) is 0 Å². The molecule has 0 fully saturated rings. The lowest BCUT2D eigenvalue weighted by Gasteiger charge is -2.23. The molecule has 1 aliphatic rings. The highest BCUT2D eigenvalue weighted by Gasteiger charge is 2.19. The molecule has 1 unspecified atom stereocenters. The lowest BCUT2D eigenvalue weighted by atomic mass is 10.1. The van der Waals surface area contributed by atoms with Crippen LogP contribution in [-0.2, 0) is 19.5 Å². The molecule has 1 atom stereocenters. The van der Waals surface area contributed by atoms with Crippen molar-refractivity contribution in [2.45, 2.75) is 32.0 Å². The van der Waals surface area contributed by atoms with Crippen LogP contribution in [-0.4, -0.2) is 45.7 Å². The second-order valence-electron chi connectivity index (χ2n) is 5.87. The maximum absolute atomic E-state index is 12.0. The molecule has 0 saturated heterocycles. The van der Waals surface area contributed by atoms with Gasteiger partial charge in [0.05, 0.1) is 6.54 Å². The molecule has 0 saturated carbocycles. The van der Waals surface area contributed by atoms with Crippen molar-refractivity contribution >= 4 is 5.91 Å². The standard InChI is InChI=1S/C16H21N5O/c1-20(2)16(22)13-5-3-4-12(8-13)9-17-14-6-7-15-18-11-19-21(15)10-14/h3-5,8,11,14,17H,6-7,9-10H2,1-2H3. The van der Waals surface area contributed by atoms with Crippen LogP contribution >= 0.6 is 0 Å². The van der Waals surface area contributed by atoms with E-state index in [1.807, 2.05) is 28.9 Å². The first kappa shape index (κ1) is 14.7. The Bertz CT molecular complexity index is 664. The van der Waals surface area contributed by atoms with Crippen molar-refractivity contribution in [3.63, 3.8) is 0 Å². The van der Waals surface area contributed by atoms with Gasteiger partial charge in [0.25, 0.3) is 5.91 Å². The van der Waals surface area contributed by atoms with E-state index in [9.17, 15) is 4.79 Å². The Morgan fingerprint density at radius 2 is 2.32 bits per heavy atom. The van der Waals surface area contributed by atoms with Gasteiger partial charge in [0.1, 0.15) is 12.2 Å². The number of amides is 1. The number of rotatable bonds is 4. The van der Waals surface area contributed by atoms with E-state index in [1.165, 1.54) is 0 Å². The molecule has 1 amide bonds. The third-order valence-electron chi connectivity index (χ3n) is 3.98. The molecule has 0 bridgehead atoms. The molecule has 116 valence electrons. The van der Waals surface area contributed by atoms with E-state index in [-0.39, 0.29) is 5.91 Å². The van der Waals surface area contributed by atoms with E-state index in [4.69, 9.17) is 0 Å². The Morgan fingerprint density at radius 1 is 1.45 bits per heavy atom. The largest absolute Gasteiger partial charge is 0.345 e. The summed E-state index contributed by atoms with van der Waals surface area (Å²) in [6.45, 7) is 1.61. The molecule has 0 spiro atoms. The predicted molar refractivity (Wildman–Crippen MR) is 83.4 cm³/mol. The normalized spacial score (nSPS) is 17.1. The summed E-state index contributed by atoms with van der Waals surface area (Å²) in [6, 6.07) is 8.18. The summed E-state index contributed by atoms with van der Waals surface area (Å²) >= 11 is 0. The topological polar surface area (TPSA) is 63.1 Å². The van der Waals surface area contributed by atoms with Crippen LogP contribution in [0.3, 0.4) is 0 Å². The predicted octanol–water partition coefficient (Wildman–Crippen LogP) is 1.08. The zero-order valence-electron chi connectivity index (χ0n) is 13.0. The number of aryl methyl sites for hydroxylation is 1. The van der Waals surface area contributed by atoms with Crippen LogP contribution in [0.2, 0.25) is 0 Å². The van der Waals surface area contributed by atoms with Crippen molar-refractivity contribution < 1.29 is 4.79 Å². The van der Waals surface area contributed by atoms with Gasteiger partial charge in [-0.05, 0) is 24.1 Å². The molecule has 2 aromatic rings. The van der Waals surface area contributed by atoms with E-state index in [0.717, 1.165) is 42.9 Å². The van der Waals surface area contributed by atoms with Gasteiger partial charge in [-0.15, -0.1) is 0 Å². The van der Waals surface area contributed by atoms with Gasteiger partial charge >= 0.3 is 0 Å². The van der Waals surface area contributed by atoms with Crippen molar-refractivity contribution in [1.82, 2.24) is 25.0 Å². The van der Waals surface area contributed by atoms with Gasteiger partial charge in [-0.3, -0.25) is 4.79 Å². The number of aromatic nitrogens is 3. The fourth-order valence-electron chi connectivity index (χ4n) is 2.74. The van der Waals surface area contributed by atoms with Crippen LogP contribution in [0.4, 0.5) is 0 Å². The third kappa shape index (κ3) is 3.17. The van der Waals surface area contributed by atoms with Crippen LogP contribution in [0.15, 0.2) is 30.6 Å². The van der Waals surface area contributed by atoms with Crippen LogP contribution < -0.4 is 5.32 Å². The summed E-state index contributed by atoms with van der Waals surface area (Å²) in [5.41, 5.74) is 1.85. The molecule has 6 nitrogen and oxygen atoms in total. The first-order valence-corrected chi connectivity index (χ1v) is 7.54. The Kier molecular flexibility index (Phi) is 4.20. The monoisotopic (exact) mass is 299 g/mol. The second-order valence-corrected chi connectivity index (χ2v) is 5.87. The average molecular weight is 299 g/mol. The highest BCUT2D eigenvalue weighted by molar-refractivity contribution is 5.94. The third-order valence-corrected chi connectivity index (χ3v) is 3.98. The molecule has 0 aliphatic carbocycles. The van der Waals surface area contributed by atoms with Gasteiger partial charge in [-0.1, -0.05) is 12.1 Å². The minimum absolute atomic E-state index is 0.0340. The fourth-order valence-corrected chi connectivity index (χ4v) is 2.74. The quantitative estimate of drug-likeness (QED) is 0.918. The summed E-state index contributed by atoms with van der Waals surface area (Å²) < 4.78 is 1.97. The van der Waals surface area contributed by atoms with Crippen molar-refractivity contribution in [2.75, 3.05) is 14.1 Å². The zero-order chi connectivity index (χ0) is 15.5. The van der Waals surface area contributed by atoms with Gasteiger partial charge in [0.15, 0.2) is 0 Å². The molecule has 1 aliphatic heterocycles. The minimum atomic E-state index is 0.0340. The summed E-state index contributed by atoms with van der Waals surface area (Å²) in [6.07, 6.45) is 3.64. The van der Waals surface area contributed by atoms with Crippen molar-refractivity contribution in [3.05, 3.63) is 47.5 Å². The molecule has 22 heavy (non-hydrogen) atoms. The number of carbonyl (C=O) groups is 1. The van der Waals surface area contributed by atoms with Gasteiger partial charge in [0.2, 0.25) is 0 Å². The molecule has 1 aromatic carbocycles. The lowest BCUT2D eigenvalue weighted by molar-refractivity contribution is 0.0827. The fraction of sp³-hybridized carbons (Fsp3) is 0.438. The number of hydrogen-bond donors (Lipinski definition) is 1. The Labute approximate surface area is 130 Å². The van der Waals surface area contributed by atoms with E-state index < -0.39 is 0 Å². The van der Waals surface area contributed by atoms with Gasteiger partial charge in [0, 0.05) is 38.7 Å². The van der Waals surface area contributed by atoms with Crippen LogP contribution in [0.5, 0.6) is 0 Å². The van der Waals surface area contributed by atoms with Gasteiger partial charge in [-0.25, -0.2) is 9.67 Å². The number of fused-ring (bicyclic) bond motifs is 1. The zero-order valence-corrected chi connectivity index (χ0v) is 13.0. The number of benzene rings is 1. The lowest BCUT2D eigenvalue weighted by Crippen LogP contribution is -2.37. The maximum atomic E-state index is 12.0. The van der Waals surface area contributed by atoms with Crippen LogP contribution in [0, 0.1) is 0 Å². The van der Waals surface area contributed by atoms with Crippen molar-refractivity contribution in [2.24, 2.45) is 0 Å². The molecule has 3 rings (SSSR count). The maximum Gasteiger partial charge on any atom is 0.253 e. The van der Waals surface area contributed by atoms with Gasteiger partial charge < -0.3 is 10.2 Å². The highest BCUT2D eigenvalue weighted by Crippen LogP contribution is 2.13. The van der Waals surface area contributed by atoms with E-state index >= 15 is 0 Å². The first-order chi connectivity index (χ1) is 10.6. The summed E-state index contributed by atoms with van der Waals surface area (Å²) in [4.78, 5) is 17.8. The van der Waals surface area contributed by atoms with E-state index in [1.54, 1.807) is 25.3 Å². The molecule has 1 N–H and O–H groups in total. The van der Waals surface area contributed by atoms with E-state index in [2.05, 4.69) is 15.4 Å². The molecule has 1 aromatic heterocycles. The molecule has 0 radical (unpaired) electrons. The Balaban J connectivity index is 1.60. The van der Waals surface area contributed by atoms with E-state index in [0.29, 0.717) is 6.04 Å². The van der Waals surface area contributed by atoms with Gasteiger partial charge in [-0.2, -0.15) is 5.10 Å². The Morgan fingerprint density at radius 3 is 3.14 bits per heavy atom. The Hall–Kier alpha value is -2.21. The molecule has 6 heteroatoms. The smallest absolute Gasteiger partial charge is 0.253 e. The summed E-state index contributed by atoms with van der Waals surface area (Å²) in [5, 5.41) is 7.78. The summed E-state index contributed by atoms with van der Waals surface area (Å²) in [7, 11) is 3.54. The molecular formula is C16H21N5O. The number of nitrogens with one attached hydrogen (secondary N) is 1. The SMILES string of the molecule is CN(C)C(=O)c1cccc(CNC2CCc3ncnn3C2)c1. The second kappa shape index (κ2) is 6.27. The minimum Gasteiger partial charge on any atom is -0.345 e.